The molecule has 23 heavy (non-hydrogen) atoms. The van der Waals surface area contributed by atoms with E-state index in [1.807, 2.05) is 36.4 Å². The Bertz CT molecular complexity index is 821. The lowest BCUT2D eigenvalue weighted by Gasteiger charge is -2.07. The Balaban J connectivity index is 1.91. The minimum atomic E-state index is -0.0418. The van der Waals surface area contributed by atoms with Gasteiger partial charge in [-0.15, -0.1) is 11.3 Å². The van der Waals surface area contributed by atoms with E-state index in [9.17, 15) is 4.79 Å². The Morgan fingerprint density at radius 1 is 1.13 bits per heavy atom. The van der Waals surface area contributed by atoms with Crippen molar-refractivity contribution in [3.05, 3.63) is 59.0 Å². The topological polar surface area (TPSA) is 38.3 Å². The summed E-state index contributed by atoms with van der Waals surface area (Å²) < 4.78 is 6.30. The second kappa shape index (κ2) is 6.84. The van der Waals surface area contributed by atoms with Gasteiger partial charge in [0.1, 0.15) is 5.75 Å². The van der Waals surface area contributed by atoms with Gasteiger partial charge in [0, 0.05) is 10.4 Å². The molecule has 2 aromatic carbocycles. The molecule has 0 atom stereocenters. The van der Waals surface area contributed by atoms with Crippen LogP contribution in [0.2, 0.25) is 0 Å². The highest BCUT2D eigenvalue weighted by Crippen LogP contribution is 2.32. The van der Waals surface area contributed by atoms with Crippen LogP contribution in [0.5, 0.6) is 5.75 Å². The van der Waals surface area contributed by atoms with E-state index in [1.54, 1.807) is 18.4 Å². The average Bonchev–Trinajstić information content (AvgIpc) is 2.95. The molecule has 0 saturated carbocycles. The van der Waals surface area contributed by atoms with Gasteiger partial charge in [0.2, 0.25) is 0 Å². The summed E-state index contributed by atoms with van der Waals surface area (Å²) in [6.07, 6.45) is 1.93. The molecule has 0 bridgehead atoms. The number of hydrogen-bond donors (Lipinski definition) is 1. The first-order valence-electron chi connectivity index (χ1n) is 7.68. The van der Waals surface area contributed by atoms with Crippen LogP contribution in [0.1, 0.15) is 28.6 Å². The van der Waals surface area contributed by atoms with Crippen molar-refractivity contribution in [3.63, 3.8) is 0 Å². The molecule has 4 heteroatoms. The van der Waals surface area contributed by atoms with Gasteiger partial charge in [-0.05, 0) is 47.7 Å². The Kier molecular flexibility index (Phi) is 4.63. The fourth-order valence-electron chi connectivity index (χ4n) is 2.64. The zero-order chi connectivity index (χ0) is 16.2. The molecule has 1 N–H and O–H groups in total. The van der Waals surface area contributed by atoms with Gasteiger partial charge in [0.25, 0.3) is 5.91 Å². The molecule has 1 amide bonds. The molecule has 0 aliphatic carbocycles. The molecule has 118 valence electrons. The molecule has 3 nitrogen and oxygen atoms in total. The van der Waals surface area contributed by atoms with Crippen molar-refractivity contribution in [2.75, 3.05) is 12.4 Å². The van der Waals surface area contributed by atoms with Gasteiger partial charge in [-0.1, -0.05) is 31.5 Å². The van der Waals surface area contributed by atoms with Crippen LogP contribution < -0.4 is 10.1 Å². The number of thiophene rings is 1. The van der Waals surface area contributed by atoms with E-state index in [0.717, 1.165) is 39.4 Å². The van der Waals surface area contributed by atoms with E-state index in [0.29, 0.717) is 0 Å². The summed E-state index contributed by atoms with van der Waals surface area (Å²) in [5.41, 5.74) is 1.93. The minimum Gasteiger partial charge on any atom is -0.497 e. The summed E-state index contributed by atoms with van der Waals surface area (Å²) in [5.74, 6) is 0.733. The average molecular weight is 325 g/mol. The van der Waals surface area contributed by atoms with Crippen molar-refractivity contribution in [1.29, 1.82) is 0 Å². The fourth-order valence-corrected chi connectivity index (χ4v) is 3.79. The standard InChI is InChI=1S/C19H19NO2S/c1-3-6-16-15-7-4-5-8-17(15)23-18(16)19(21)20-13-9-11-14(22-2)12-10-13/h4-5,7-12H,3,6H2,1-2H3,(H,20,21). The second-order valence-corrected chi connectivity index (χ2v) is 6.39. The molecule has 0 aliphatic rings. The van der Waals surface area contributed by atoms with Crippen LogP contribution in [0.25, 0.3) is 10.1 Å². The molecule has 0 saturated heterocycles. The Hall–Kier alpha value is -2.33. The first-order chi connectivity index (χ1) is 11.2. The molecule has 0 aliphatic heterocycles. The lowest BCUT2D eigenvalue weighted by molar-refractivity contribution is 0.103. The van der Waals surface area contributed by atoms with Crippen LogP contribution in [0.4, 0.5) is 5.69 Å². The van der Waals surface area contributed by atoms with Crippen LogP contribution in [-0.4, -0.2) is 13.0 Å². The number of anilines is 1. The van der Waals surface area contributed by atoms with Crippen molar-refractivity contribution < 1.29 is 9.53 Å². The van der Waals surface area contributed by atoms with Crippen molar-refractivity contribution in [2.24, 2.45) is 0 Å². The molecule has 0 unspecified atom stereocenters. The predicted molar refractivity (Wildman–Crippen MR) is 96.8 cm³/mol. The van der Waals surface area contributed by atoms with Crippen LogP contribution in [0.15, 0.2) is 48.5 Å². The second-order valence-electron chi connectivity index (χ2n) is 5.34. The lowest BCUT2D eigenvalue weighted by Crippen LogP contribution is -2.12. The fraction of sp³-hybridized carbons (Fsp3) is 0.211. The number of ether oxygens (including phenoxy) is 1. The summed E-state index contributed by atoms with van der Waals surface area (Å²) in [6, 6.07) is 15.6. The third-order valence-electron chi connectivity index (χ3n) is 3.75. The Morgan fingerprint density at radius 3 is 2.57 bits per heavy atom. The first kappa shape index (κ1) is 15.6. The zero-order valence-electron chi connectivity index (χ0n) is 13.3. The quantitative estimate of drug-likeness (QED) is 0.707. The van der Waals surface area contributed by atoms with Gasteiger partial charge in [0.15, 0.2) is 0 Å². The molecule has 1 heterocycles. The van der Waals surface area contributed by atoms with Crippen molar-refractivity contribution in [3.8, 4) is 5.75 Å². The van der Waals surface area contributed by atoms with Gasteiger partial charge in [-0.25, -0.2) is 0 Å². The highest BCUT2D eigenvalue weighted by atomic mass is 32.1. The summed E-state index contributed by atoms with van der Waals surface area (Å²) in [6.45, 7) is 2.14. The number of benzene rings is 2. The first-order valence-corrected chi connectivity index (χ1v) is 8.50. The van der Waals surface area contributed by atoms with Gasteiger partial charge in [-0.2, -0.15) is 0 Å². The maximum absolute atomic E-state index is 12.7. The molecule has 3 aromatic rings. The van der Waals surface area contributed by atoms with E-state index < -0.39 is 0 Å². The van der Waals surface area contributed by atoms with Crippen LogP contribution in [0.3, 0.4) is 0 Å². The van der Waals surface area contributed by atoms with Gasteiger partial charge in [0.05, 0.1) is 12.0 Å². The SMILES string of the molecule is CCCc1c(C(=O)Nc2ccc(OC)cc2)sc2ccccc12. The summed E-state index contributed by atoms with van der Waals surface area (Å²) >= 11 is 1.56. The van der Waals surface area contributed by atoms with Gasteiger partial charge in [-0.3, -0.25) is 4.79 Å². The Labute approximate surface area is 139 Å². The van der Waals surface area contributed by atoms with Crippen LogP contribution in [-0.2, 0) is 6.42 Å². The molecule has 1 aromatic heterocycles. The third kappa shape index (κ3) is 3.22. The number of aryl methyl sites for hydroxylation is 1. The molecule has 3 rings (SSSR count). The largest absolute Gasteiger partial charge is 0.497 e. The summed E-state index contributed by atoms with van der Waals surface area (Å²) in [5, 5.41) is 4.18. The number of amides is 1. The van der Waals surface area contributed by atoms with Crippen molar-refractivity contribution in [1.82, 2.24) is 0 Å². The minimum absolute atomic E-state index is 0.0418. The predicted octanol–water partition coefficient (Wildman–Crippen LogP) is 5.11. The number of carbonyl (C=O) groups is 1. The maximum Gasteiger partial charge on any atom is 0.266 e. The molecule has 0 radical (unpaired) electrons. The lowest BCUT2D eigenvalue weighted by atomic mass is 10.1. The smallest absolute Gasteiger partial charge is 0.266 e. The van der Waals surface area contributed by atoms with E-state index in [1.165, 1.54) is 5.39 Å². The van der Waals surface area contributed by atoms with Crippen molar-refractivity contribution >= 4 is 33.0 Å². The summed E-state index contributed by atoms with van der Waals surface area (Å²) in [4.78, 5) is 13.5. The normalized spacial score (nSPS) is 10.7. The van der Waals surface area contributed by atoms with E-state index >= 15 is 0 Å². The number of methoxy groups -OCH3 is 1. The Morgan fingerprint density at radius 2 is 1.87 bits per heavy atom. The highest BCUT2D eigenvalue weighted by Gasteiger charge is 2.17. The summed E-state index contributed by atoms with van der Waals surface area (Å²) in [7, 11) is 1.63. The molecule has 0 fully saturated rings. The number of hydrogen-bond acceptors (Lipinski definition) is 3. The van der Waals surface area contributed by atoms with E-state index in [2.05, 4.69) is 24.4 Å². The van der Waals surface area contributed by atoms with Crippen molar-refractivity contribution in [2.45, 2.75) is 19.8 Å². The molecular weight excluding hydrogens is 306 g/mol. The van der Waals surface area contributed by atoms with E-state index in [4.69, 9.17) is 4.74 Å². The number of fused-ring (bicyclic) bond motifs is 1. The highest BCUT2D eigenvalue weighted by molar-refractivity contribution is 7.21. The number of nitrogens with one attached hydrogen (secondary N) is 1. The van der Waals surface area contributed by atoms with Gasteiger partial charge < -0.3 is 10.1 Å². The van der Waals surface area contributed by atoms with E-state index in [-0.39, 0.29) is 5.91 Å². The van der Waals surface area contributed by atoms with Crippen LogP contribution in [0, 0.1) is 0 Å². The zero-order valence-corrected chi connectivity index (χ0v) is 14.1. The van der Waals surface area contributed by atoms with Gasteiger partial charge >= 0.3 is 0 Å². The number of rotatable bonds is 5. The van der Waals surface area contributed by atoms with Crippen LogP contribution >= 0.6 is 11.3 Å². The number of carbonyl (C=O) groups excluding carboxylic acids is 1. The maximum atomic E-state index is 12.7. The molecule has 0 spiro atoms. The molecular formula is C19H19NO2S. The monoisotopic (exact) mass is 325 g/mol. The third-order valence-corrected chi connectivity index (χ3v) is 4.96.